The van der Waals surface area contributed by atoms with Gasteiger partial charge in [-0.1, -0.05) is 38.1 Å². The van der Waals surface area contributed by atoms with Crippen molar-refractivity contribution in [1.82, 2.24) is 0 Å². The molecule has 0 aliphatic carbocycles. The van der Waals surface area contributed by atoms with Crippen molar-refractivity contribution in [3.8, 4) is 0 Å². The first-order valence-electron chi connectivity index (χ1n) is 6.24. The maximum atomic E-state index is 8.40. The highest BCUT2D eigenvalue weighted by Gasteiger charge is 2.12. The lowest BCUT2D eigenvalue weighted by atomic mass is 9.87. The molecular formula is C14H23N3O. The Morgan fingerprint density at radius 3 is 2.39 bits per heavy atom. The zero-order chi connectivity index (χ0) is 13.6. The minimum atomic E-state index is 0.185. The van der Waals surface area contributed by atoms with Crippen LogP contribution in [0.15, 0.2) is 29.4 Å². The van der Waals surface area contributed by atoms with Crippen molar-refractivity contribution in [3.05, 3.63) is 29.8 Å². The van der Waals surface area contributed by atoms with Gasteiger partial charge in [0.25, 0.3) is 0 Å². The molecule has 0 fully saturated rings. The summed E-state index contributed by atoms with van der Waals surface area (Å²) < 4.78 is 0. The molecule has 0 saturated heterocycles. The summed E-state index contributed by atoms with van der Waals surface area (Å²) in [5, 5.41) is 14.6. The number of hydrogen-bond acceptors (Lipinski definition) is 3. The third-order valence-corrected chi connectivity index (χ3v) is 2.82. The molecule has 0 atom stereocenters. The predicted octanol–water partition coefficient (Wildman–Crippen LogP) is 2.92. The Kier molecular flexibility index (Phi) is 5.01. The number of nitrogens with zero attached hydrogens (tertiary/aromatic N) is 1. The van der Waals surface area contributed by atoms with E-state index >= 15 is 0 Å². The van der Waals surface area contributed by atoms with Crippen LogP contribution in [0.4, 0.5) is 5.69 Å². The molecule has 0 saturated carbocycles. The van der Waals surface area contributed by atoms with E-state index in [1.54, 1.807) is 0 Å². The van der Waals surface area contributed by atoms with Gasteiger partial charge >= 0.3 is 0 Å². The van der Waals surface area contributed by atoms with Crippen molar-refractivity contribution >= 4 is 11.5 Å². The quantitative estimate of drug-likeness (QED) is 0.247. The van der Waals surface area contributed by atoms with Gasteiger partial charge in [0.1, 0.15) is 5.84 Å². The second-order valence-electron chi connectivity index (χ2n) is 5.45. The van der Waals surface area contributed by atoms with Gasteiger partial charge in [0.05, 0.1) is 0 Å². The highest BCUT2D eigenvalue weighted by Crippen LogP contribution is 2.23. The van der Waals surface area contributed by atoms with E-state index in [0.29, 0.717) is 6.42 Å². The number of hydrogen-bond donors (Lipinski definition) is 3. The molecule has 4 N–H and O–H groups in total. The van der Waals surface area contributed by atoms with E-state index in [-0.39, 0.29) is 11.3 Å². The van der Waals surface area contributed by atoms with E-state index in [1.165, 1.54) is 5.56 Å². The maximum absolute atomic E-state index is 8.40. The summed E-state index contributed by atoms with van der Waals surface area (Å²) in [7, 11) is 0. The van der Waals surface area contributed by atoms with Gasteiger partial charge in [-0.2, -0.15) is 0 Å². The molecule has 1 aromatic rings. The molecule has 4 nitrogen and oxygen atoms in total. The van der Waals surface area contributed by atoms with Crippen LogP contribution in [-0.2, 0) is 5.41 Å². The van der Waals surface area contributed by atoms with Crippen molar-refractivity contribution in [1.29, 1.82) is 0 Å². The summed E-state index contributed by atoms with van der Waals surface area (Å²) in [4.78, 5) is 0. The molecule has 1 rings (SSSR count). The number of amidine groups is 1. The Balaban J connectivity index is 2.40. The second-order valence-corrected chi connectivity index (χ2v) is 5.45. The van der Waals surface area contributed by atoms with Crippen LogP contribution in [0.3, 0.4) is 0 Å². The largest absolute Gasteiger partial charge is 0.409 e. The van der Waals surface area contributed by atoms with E-state index in [9.17, 15) is 0 Å². The number of nitrogens with one attached hydrogen (secondary N) is 1. The first-order chi connectivity index (χ1) is 8.43. The fourth-order valence-corrected chi connectivity index (χ4v) is 1.64. The van der Waals surface area contributed by atoms with E-state index in [0.717, 1.165) is 18.7 Å². The van der Waals surface area contributed by atoms with E-state index < -0.39 is 0 Å². The summed E-state index contributed by atoms with van der Waals surface area (Å²) in [6.07, 6.45) is 1.44. The Morgan fingerprint density at radius 2 is 1.89 bits per heavy atom. The molecule has 0 heterocycles. The molecule has 18 heavy (non-hydrogen) atoms. The zero-order valence-corrected chi connectivity index (χ0v) is 11.4. The summed E-state index contributed by atoms with van der Waals surface area (Å²) >= 11 is 0. The molecule has 0 bridgehead atoms. The summed E-state index contributed by atoms with van der Waals surface area (Å²) in [6.45, 7) is 7.41. The lowest BCUT2D eigenvalue weighted by molar-refractivity contribution is 0.316. The summed E-state index contributed by atoms with van der Waals surface area (Å²) in [5.41, 5.74) is 8.00. The van der Waals surface area contributed by atoms with Crippen LogP contribution < -0.4 is 11.1 Å². The third kappa shape index (κ3) is 4.65. The van der Waals surface area contributed by atoms with Crippen LogP contribution in [0, 0.1) is 0 Å². The highest BCUT2D eigenvalue weighted by atomic mass is 16.4. The van der Waals surface area contributed by atoms with E-state index in [1.807, 2.05) is 0 Å². The molecule has 0 spiro atoms. The normalized spacial score (nSPS) is 12.5. The Morgan fingerprint density at radius 1 is 1.28 bits per heavy atom. The summed E-state index contributed by atoms with van der Waals surface area (Å²) in [6, 6.07) is 8.46. The average molecular weight is 249 g/mol. The van der Waals surface area contributed by atoms with Gasteiger partial charge in [0.15, 0.2) is 0 Å². The molecule has 1 aromatic carbocycles. The first-order valence-corrected chi connectivity index (χ1v) is 6.24. The van der Waals surface area contributed by atoms with Crippen molar-refractivity contribution < 1.29 is 5.21 Å². The Labute approximate surface area is 109 Å². The standard InChI is InChI=1S/C14H23N3O/c1-14(2,3)11-6-8-12(9-7-11)16-10-4-5-13(15)17-18/h6-9,16,18H,4-5,10H2,1-3H3,(H2,15,17). The minimum absolute atomic E-state index is 0.185. The molecule has 0 aliphatic heterocycles. The lowest BCUT2D eigenvalue weighted by Gasteiger charge is -2.19. The molecular weight excluding hydrogens is 226 g/mol. The smallest absolute Gasteiger partial charge is 0.139 e. The van der Waals surface area contributed by atoms with Crippen LogP contribution in [0.1, 0.15) is 39.2 Å². The molecule has 0 unspecified atom stereocenters. The molecule has 0 amide bonds. The molecule has 0 radical (unpaired) electrons. The number of anilines is 1. The number of benzene rings is 1. The van der Waals surface area contributed by atoms with Gasteiger partial charge in [-0.3, -0.25) is 0 Å². The third-order valence-electron chi connectivity index (χ3n) is 2.82. The molecule has 4 heteroatoms. The zero-order valence-electron chi connectivity index (χ0n) is 11.4. The average Bonchev–Trinajstić information content (AvgIpc) is 2.33. The lowest BCUT2D eigenvalue weighted by Crippen LogP contribution is -2.13. The number of oxime groups is 1. The minimum Gasteiger partial charge on any atom is -0.409 e. The highest BCUT2D eigenvalue weighted by molar-refractivity contribution is 5.79. The van der Waals surface area contributed by atoms with Crippen LogP contribution in [0.5, 0.6) is 0 Å². The second kappa shape index (κ2) is 6.28. The molecule has 100 valence electrons. The van der Waals surface area contributed by atoms with Gasteiger partial charge in [0.2, 0.25) is 0 Å². The van der Waals surface area contributed by atoms with Gasteiger partial charge in [-0.25, -0.2) is 0 Å². The molecule has 0 aliphatic rings. The van der Waals surface area contributed by atoms with Crippen molar-refractivity contribution in [2.45, 2.75) is 39.0 Å². The topological polar surface area (TPSA) is 70.6 Å². The number of rotatable bonds is 5. The van der Waals surface area contributed by atoms with Crippen molar-refractivity contribution in [2.75, 3.05) is 11.9 Å². The monoisotopic (exact) mass is 249 g/mol. The maximum Gasteiger partial charge on any atom is 0.139 e. The van der Waals surface area contributed by atoms with Crippen LogP contribution in [-0.4, -0.2) is 17.6 Å². The fourth-order valence-electron chi connectivity index (χ4n) is 1.64. The summed E-state index contributed by atoms with van der Waals surface area (Å²) in [5.74, 6) is 0.278. The fraction of sp³-hybridized carbons (Fsp3) is 0.500. The van der Waals surface area contributed by atoms with Gasteiger partial charge < -0.3 is 16.3 Å². The number of nitrogens with two attached hydrogens (primary N) is 1. The van der Waals surface area contributed by atoms with E-state index in [2.05, 4.69) is 55.5 Å². The van der Waals surface area contributed by atoms with Crippen molar-refractivity contribution in [2.24, 2.45) is 10.9 Å². The Bertz CT molecular complexity index is 390. The Hall–Kier alpha value is -1.71. The predicted molar refractivity (Wildman–Crippen MR) is 76.3 cm³/mol. The van der Waals surface area contributed by atoms with Gasteiger partial charge in [-0.15, -0.1) is 0 Å². The molecule has 0 aromatic heterocycles. The van der Waals surface area contributed by atoms with Gasteiger partial charge in [-0.05, 0) is 29.5 Å². The van der Waals surface area contributed by atoms with Crippen LogP contribution in [0.25, 0.3) is 0 Å². The van der Waals surface area contributed by atoms with Crippen LogP contribution in [0.2, 0.25) is 0 Å². The SMILES string of the molecule is CC(C)(C)c1ccc(NCCCC(N)=NO)cc1. The van der Waals surface area contributed by atoms with E-state index in [4.69, 9.17) is 10.9 Å². The van der Waals surface area contributed by atoms with Crippen molar-refractivity contribution in [3.63, 3.8) is 0 Å². The first kappa shape index (κ1) is 14.4. The van der Waals surface area contributed by atoms with Crippen LogP contribution >= 0.6 is 0 Å². The van der Waals surface area contributed by atoms with Gasteiger partial charge in [0, 0.05) is 18.7 Å².